The molecule has 7 heteroatoms. The van der Waals surface area contributed by atoms with Crippen molar-refractivity contribution >= 4 is 22.9 Å². The first-order valence-corrected chi connectivity index (χ1v) is 11.0. The zero-order valence-electron chi connectivity index (χ0n) is 17.7. The standard InChI is InChI=1S/C23H30FN3O3/c1-15-19-14-18(24)8-9-20(19)30-21(15)16(2)25-23(29)27-12-10-26(11-13-27)22(28)17-6-4-3-5-7-17/h8-9,14,16-17H,3-7,10-13H2,1-2H3,(H,25,29). The lowest BCUT2D eigenvalue weighted by atomic mass is 9.88. The van der Waals surface area contributed by atoms with Crippen LogP contribution in [0.25, 0.3) is 11.0 Å². The van der Waals surface area contributed by atoms with E-state index in [2.05, 4.69) is 5.32 Å². The van der Waals surface area contributed by atoms with E-state index in [4.69, 9.17) is 4.42 Å². The molecule has 1 aromatic carbocycles. The van der Waals surface area contributed by atoms with Gasteiger partial charge in [0, 0.05) is 43.0 Å². The average Bonchev–Trinajstić information content (AvgIpc) is 3.10. The van der Waals surface area contributed by atoms with Gasteiger partial charge in [-0.15, -0.1) is 0 Å². The lowest BCUT2D eigenvalue weighted by Gasteiger charge is -2.37. The maximum atomic E-state index is 13.5. The summed E-state index contributed by atoms with van der Waals surface area (Å²) in [5, 5.41) is 3.71. The van der Waals surface area contributed by atoms with Gasteiger partial charge >= 0.3 is 6.03 Å². The summed E-state index contributed by atoms with van der Waals surface area (Å²) in [5.41, 5.74) is 1.44. The van der Waals surface area contributed by atoms with E-state index in [0.29, 0.717) is 37.5 Å². The molecule has 1 N–H and O–H groups in total. The van der Waals surface area contributed by atoms with Gasteiger partial charge in [-0.2, -0.15) is 0 Å². The first-order chi connectivity index (χ1) is 14.4. The van der Waals surface area contributed by atoms with Crippen molar-refractivity contribution in [3.8, 4) is 0 Å². The summed E-state index contributed by atoms with van der Waals surface area (Å²) >= 11 is 0. The molecule has 6 nitrogen and oxygen atoms in total. The minimum atomic E-state index is -0.338. The van der Waals surface area contributed by atoms with Crippen LogP contribution in [-0.2, 0) is 4.79 Å². The molecule has 162 valence electrons. The molecule has 2 aliphatic rings. The predicted octanol–water partition coefficient (Wildman–Crippen LogP) is 4.38. The van der Waals surface area contributed by atoms with Crippen LogP contribution in [0, 0.1) is 18.7 Å². The van der Waals surface area contributed by atoms with Crippen molar-refractivity contribution in [2.45, 2.75) is 52.0 Å². The predicted molar refractivity (Wildman–Crippen MR) is 113 cm³/mol. The van der Waals surface area contributed by atoms with Gasteiger partial charge in [-0.25, -0.2) is 9.18 Å². The van der Waals surface area contributed by atoms with Crippen LogP contribution in [0.2, 0.25) is 0 Å². The third-order valence-corrected chi connectivity index (χ3v) is 6.50. The van der Waals surface area contributed by atoms with E-state index in [9.17, 15) is 14.0 Å². The Kier molecular flexibility index (Phi) is 5.97. The number of hydrogen-bond donors (Lipinski definition) is 1. The monoisotopic (exact) mass is 415 g/mol. The number of nitrogens with one attached hydrogen (secondary N) is 1. The van der Waals surface area contributed by atoms with Crippen LogP contribution in [0.3, 0.4) is 0 Å². The van der Waals surface area contributed by atoms with Crippen molar-refractivity contribution in [2.24, 2.45) is 5.92 Å². The minimum Gasteiger partial charge on any atom is -0.459 e. The third kappa shape index (κ3) is 4.16. The summed E-state index contributed by atoms with van der Waals surface area (Å²) in [6.45, 7) is 5.96. The second-order valence-corrected chi connectivity index (χ2v) is 8.55. The highest BCUT2D eigenvalue weighted by atomic mass is 19.1. The molecule has 0 bridgehead atoms. The van der Waals surface area contributed by atoms with Gasteiger partial charge in [-0.1, -0.05) is 19.3 Å². The molecule has 2 aromatic rings. The second kappa shape index (κ2) is 8.66. The third-order valence-electron chi connectivity index (χ3n) is 6.50. The van der Waals surface area contributed by atoms with Gasteiger partial charge in [-0.05, 0) is 44.9 Å². The van der Waals surface area contributed by atoms with Crippen LogP contribution < -0.4 is 5.32 Å². The summed E-state index contributed by atoms with van der Waals surface area (Å²) in [6, 6.07) is 3.92. The highest BCUT2D eigenvalue weighted by Crippen LogP contribution is 2.30. The lowest BCUT2D eigenvalue weighted by Crippen LogP contribution is -2.54. The molecule has 1 atom stereocenters. The van der Waals surface area contributed by atoms with Crippen molar-refractivity contribution in [2.75, 3.05) is 26.2 Å². The molecular weight excluding hydrogens is 385 g/mol. The van der Waals surface area contributed by atoms with Crippen LogP contribution in [0.4, 0.5) is 9.18 Å². The SMILES string of the molecule is Cc1c(C(C)NC(=O)N2CCN(C(=O)C3CCCCC3)CC2)oc2ccc(F)cc12. The molecule has 30 heavy (non-hydrogen) atoms. The molecule has 1 saturated heterocycles. The van der Waals surface area contributed by atoms with E-state index < -0.39 is 0 Å². The van der Waals surface area contributed by atoms with E-state index in [1.807, 2.05) is 18.7 Å². The van der Waals surface area contributed by atoms with E-state index in [0.717, 1.165) is 36.6 Å². The lowest BCUT2D eigenvalue weighted by molar-refractivity contribution is -0.138. The summed E-state index contributed by atoms with van der Waals surface area (Å²) in [4.78, 5) is 29.1. The molecule has 0 radical (unpaired) electrons. The van der Waals surface area contributed by atoms with Gasteiger partial charge in [0.25, 0.3) is 0 Å². The largest absolute Gasteiger partial charge is 0.459 e. The second-order valence-electron chi connectivity index (χ2n) is 8.55. The zero-order chi connectivity index (χ0) is 21.3. The van der Waals surface area contributed by atoms with E-state index >= 15 is 0 Å². The Bertz CT molecular complexity index is 927. The van der Waals surface area contributed by atoms with Crippen molar-refractivity contribution in [3.05, 3.63) is 35.3 Å². The molecule has 2 heterocycles. The number of piperazine rings is 1. The molecule has 1 aliphatic carbocycles. The highest BCUT2D eigenvalue weighted by Gasteiger charge is 2.30. The minimum absolute atomic E-state index is 0.167. The highest BCUT2D eigenvalue weighted by molar-refractivity contribution is 5.83. The fourth-order valence-corrected chi connectivity index (χ4v) is 4.70. The maximum Gasteiger partial charge on any atom is 0.318 e. The summed E-state index contributed by atoms with van der Waals surface area (Å²) < 4.78 is 19.4. The van der Waals surface area contributed by atoms with Gasteiger partial charge in [0.1, 0.15) is 17.2 Å². The van der Waals surface area contributed by atoms with Crippen LogP contribution >= 0.6 is 0 Å². The molecule has 4 rings (SSSR count). The number of benzene rings is 1. The average molecular weight is 416 g/mol. The van der Waals surface area contributed by atoms with E-state index in [1.54, 1.807) is 11.0 Å². The number of fused-ring (bicyclic) bond motifs is 1. The first-order valence-electron chi connectivity index (χ1n) is 11.0. The number of rotatable bonds is 3. The molecule has 1 saturated carbocycles. The zero-order valence-corrected chi connectivity index (χ0v) is 17.7. The number of urea groups is 1. The van der Waals surface area contributed by atoms with Crippen LogP contribution in [-0.4, -0.2) is 47.9 Å². The number of nitrogens with zero attached hydrogens (tertiary/aromatic N) is 2. The smallest absolute Gasteiger partial charge is 0.318 e. The van der Waals surface area contributed by atoms with Gasteiger partial charge < -0.3 is 19.5 Å². The molecule has 2 fully saturated rings. The number of carbonyl (C=O) groups excluding carboxylic acids is 2. The number of furan rings is 1. The number of hydrogen-bond acceptors (Lipinski definition) is 3. The first kappa shape index (κ1) is 20.7. The van der Waals surface area contributed by atoms with Gasteiger partial charge in [0.2, 0.25) is 5.91 Å². The summed E-state index contributed by atoms with van der Waals surface area (Å²) in [7, 11) is 0. The number of carbonyl (C=O) groups is 2. The number of halogens is 1. The topological polar surface area (TPSA) is 65.8 Å². The van der Waals surface area contributed by atoms with Crippen molar-refractivity contribution in [1.82, 2.24) is 15.1 Å². The Balaban J connectivity index is 1.33. The van der Waals surface area contributed by atoms with Gasteiger partial charge in [0.05, 0.1) is 6.04 Å². The van der Waals surface area contributed by atoms with Crippen molar-refractivity contribution in [3.63, 3.8) is 0 Å². The van der Waals surface area contributed by atoms with Gasteiger partial charge in [0.15, 0.2) is 0 Å². The Morgan fingerprint density at radius 3 is 2.47 bits per heavy atom. The maximum absolute atomic E-state index is 13.5. The van der Waals surface area contributed by atoms with E-state index in [-0.39, 0.29) is 29.7 Å². The fraction of sp³-hybridized carbons (Fsp3) is 0.565. The Morgan fingerprint density at radius 1 is 1.10 bits per heavy atom. The van der Waals surface area contributed by atoms with Crippen LogP contribution in [0.15, 0.2) is 22.6 Å². The molecular formula is C23H30FN3O3. The summed E-state index contributed by atoms with van der Waals surface area (Å²) in [6.07, 6.45) is 5.51. The van der Waals surface area contributed by atoms with Crippen molar-refractivity contribution in [1.29, 1.82) is 0 Å². The van der Waals surface area contributed by atoms with Crippen LogP contribution in [0.1, 0.15) is 56.4 Å². The fourth-order valence-electron chi connectivity index (χ4n) is 4.70. The van der Waals surface area contributed by atoms with E-state index in [1.165, 1.54) is 18.6 Å². The Hall–Kier alpha value is -2.57. The number of amides is 3. The normalized spacial score (nSPS) is 19.2. The van der Waals surface area contributed by atoms with Crippen molar-refractivity contribution < 1.29 is 18.4 Å². The van der Waals surface area contributed by atoms with Crippen LogP contribution in [0.5, 0.6) is 0 Å². The molecule has 1 unspecified atom stereocenters. The summed E-state index contributed by atoms with van der Waals surface area (Å²) in [5.74, 6) is 0.749. The molecule has 1 aliphatic heterocycles. The quantitative estimate of drug-likeness (QED) is 0.809. The Morgan fingerprint density at radius 2 is 1.77 bits per heavy atom. The molecule has 0 spiro atoms. The Labute approximate surface area is 176 Å². The van der Waals surface area contributed by atoms with Gasteiger partial charge in [-0.3, -0.25) is 4.79 Å². The molecule has 3 amide bonds. The molecule has 1 aromatic heterocycles. The number of aryl methyl sites for hydroxylation is 1.